The van der Waals surface area contributed by atoms with Gasteiger partial charge in [0.15, 0.2) is 5.58 Å². The maximum atomic E-state index is 12.0. The van der Waals surface area contributed by atoms with E-state index in [1.807, 2.05) is 49.4 Å². The van der Waals surface area contributed by atoms with E-state index < -0.39 is 0 Å². The van der Waals surface area contributed by atoms with Gasteiger partial charge in [0.1, 0.15) is 11.4 Å². The number of fused-ring (bicyclic) bond motifs is 1. The van der Waals surface area contributed by atoms with Crippen LogP contribution in [-0.4, -0.2) is 37.1 Å². The molecule has 2 aromatic carbocycles. The van der Waals surface area contributed by atoms with Crippen molar-refractivity contribution in [3.8, 4) is 11.4 Å². The Morgan fingerprint density at radius 3 is 2.86 bits per heavy atom. The van der Waals surface area contributed by atoms with Gasteiger partial charge < -0.3 is 9.15 Å². The lowest BCUT2D eigenvalue weighted by Crippen LogP contribution is -2.14. The highest BCUT2D eigenvalue weighted by Crippen LogP contribution is 2.26. The fourth-order valence-electron chi connectivity index (χ4n) is 2.94. The summed E-state index contributed by atoms with van der Waals surface area (Å²) in [7, 11) is 0. The molecule has 4 rings (SSSR count). The molecular weight excluding hydrogens is 378 g/mol. The van der Waals surface area contributed by atoms with E-state index in [0.29, 0.717) is 23.9 Å². The van der Waals surface area contributed by atoms with Crippen LogP contribution in [0.15, 0.2) is 62.9 Å². The summed E-state index contributed by atoms with van der Waals surface area (Å²) in [6.45, 7) is 3.07. The number of para-hydroxylation sites is 4. The summed E-state index contributed by atoms with van der Waals surface area (Å²) >= 11 is 1.53. The molecule has 8 nitrogen and oxygen atoms in total. The Labute approximate surface area is 165 Å². The highest BCUT2D eigenvalue weighted by atomic mass is 32.2. The first-order valence-corrected chi connectivity index (χ1v) is 9.98. The number of aryl methyl sites for hydroxylation is 1. The van der Waals surface area contributed by atoms with E-state index in [9.17, 15) is 4.79 Å². The molecule has 0 unspecified atom stereocenters. The minimum Gasteiger partial charge on any atom is -0.492 e. The summed E-state index contributed by atoms with van der Waals surface area (Å²) in [6, 6.07) is 15.1. The normalized spacial score (nSPS) is 11.2. The molecule has 144 valence electrons. The van der Waals surface area contributed by atoms with Crippen molar-refractivity contribution >= 4 is 22.9 Å². The highest BCUT2D eigenvalue weighted by Gasteiger charge is 2.13. The largest absolute Gasteiger partial charge is 0.492 e. The lowest BCUT2D eigenvalue weighted by Gasteiger charge is -2.10. The zero-order chi connectivity index (χ0) is 19.3. The smallest absolute Gasteiger partial charge is 0.419 e. The molecule has 0 amide bonds. The van der Waals surface area contributed by atoms with Gasteiger partial charge in [-0.1, -0.05) is 36.0 Å². The van der Waals surface area contributed by atoms with Crippen LogP contribution in [0.1, 0.15) is 13.3 Å². The van der Waals surface area contributed by atoms with E-state index in [-0.39, 0.29) is 5.76 Å². The van der Waals surface area contributed by atoms with Crippen molar-refractivity contribution in [2.75, 3.05) is 12.4 Å². The third kappa shape index (κ3) is 3.65. The minimum atomic E-state index is -0.332. The van der Waals surface area contributed by atoms with E-state index in [0.717, 1.165) is 29.1 Å². The molecule has 4 aromatic rings. The number of hydrogen-bond donors (Lipinski definition) is 0. The number of rotatable bonds is 8. The van der Waals surface area contributed by atoms with Crippen LogP contribution < -0.4 is 10.5 Å². The highest BCUT2D eigenvalue weighted by molar-refractivity contribution is 7.99. The van der Waals surface area contributed by atoms with Gasteiger partial charge in [0.05, 0.1) is 12.1 Å². The number of nitrogens with zero attached hydrogens (tertiary/aromatic N) is 5. The van der Waals surface area contributed by atoms with Gasteiger partial charge in [-0.25, -0.2) is 4.79 Å². The molecule has 0 aliphatic rings. The van der Waals surface area contributed by atoms with Gasteiger partial charge in [0.25, 0.3) is 0 Å². The van der Waals surface area contributed by atoms with Gasteiger partial charge in [-0.2, -0.15) is 4.68 Å². The van der Waals surface area contributed by atoms with Crippen LogP contribution in [0.3, 0.4) is 0 Å². The molecule has 2 heterocycles. The van der Waals surface area contributed by atoms with Crippen LogP contribution in [-0.2, 0) is 6.54 Å². The molecule has 28 heavy (non-hydrogen) atoms. The zero-order valence-corrected chi connectivity index (χ0v) is 16.1. The standard InChI is InChI=1S/C19H19N5O3S/c1-2-26-16-10-5-4-9-15(16)24-18(20-21-22-24)28-13-7-12-23-14-8-3-6-11-17(14)27-19(23)25/h3-6,8-11H,2,7,12-13H2,1H3. The Hall–Kier alpha value is -3.07. The molecule has 0 saturated carbocycles. The van der Waals surface area contributed by atoms with Crippen molar-refractivity contribution in [3.63, 3.8) is 0 Å². The maximum absolute atomic E-state index is 12.0. The van der Waals surface area contributed by atoms with Crippen molar-refractivity contribution in [3.05, 3.63) is 59.1 Å². The molecular formula is C19H19N5O3S. The first-order chi connectivity index (χ1) is 13.8. The molecule has 0 fully saturated rings. The lowest BCUT2D eigenvalue weighted by molar-refractivity contribution is 0.337. The van der Waals surface area contributed by atoms with Gasteiger partial charge in [-0.05, 0) is 48.0 Å². The van der Waals surface area contributed by atoms with Crippen LogP contribution >= 0.6 is 11.8 Å². The van der Waals surface area contributed by atoms with Crippen LogP contribution in [0.2, 0.25) is 0 Å². The van der Waals surface area contributed by atoms with Crippen molar-refractivity contribution in [1.82, 2.24) is 24.8 Å². The van der Waals surface area contributed by atoms with Gasteiger partial charge >= 0.3 is 5.76 Å². The van der Waals surface area contributed by atoms with Crippen molar-refractivity contribution in [2.24, 2.45) is 0 Å². The predicted molar refractivity (Wildman–Crippen MR) is 106 cm³/mol. The monoisotopic (exact) mass is 397 g/mol. The number of oxazole rings is 1. The predicted octanol–water partition coefficient (Wildman–Crippen LogP) is 3.15. The average Bonchev–Trinajstić information content (AvgIpc) is 3.30. The first kappa shape index (κ1) is 18.3. The molecule has 9 heteroatoms. The number of benzene rings is 2. The first-order valence-electron chi connectivity index (χ1n) is 8.99. The SMILES string of the molecule is CCOc1ccccc1-n1nnnc1SCCCn1c(=O)oc2ccccc21. The molecule has 0 spiro atoms. The molecule has 0 saturated heterocycles. The summed E-state index contributed by atoms with van der Waals surface area (Å²) in [4.78, 5) is 12.0. The summed E-state index contributed by atoms with van der Waals surface area (Å²) in [5, 5.41) is 12.7. The van der Waals surface area contributed by atoms with Crippen LogP contribution in [0.4, 0.5) is 0 Å². The van der Waals surface area contributed by atoms with E-state index >= 15 is 0 Å². The number of thioether (sulfide) groups is 1. The van der Waals surface area contributed by atoms with E-state index in [2.05, 4.69) is 15.5 Å². The summed E-state index contributed by atoms with van der Waals surface area (Å²) < 4.78 is 14.3. The van der Waals surface area contributed by atoms with Gasteiger partial charge in [0.2, 0.25) is 5.16 Å². The lowest BCUT2D eigenvalue weighted by atomic mass is 10.3. The second kappa shape index (κ2) is 8.30. The number of aromatic nitrogens is 5. The van der Waals surface area contributed by atoms with Crippen LogP contribution in [0.25, 0.3) is 16.8 Å². The second-order valence-electron chi connectivity index (χ2n) is 5.96. The van der Waals surface area contributed by atoms with Crippen molar-refractivity contribution < 1.29 is 9.15 Å². The maximum Gasteiger partial charge on any atom is 0.419 e. The quantitative estimate of drug-likeness (QED) is 0.333. The molecule has 0 aliphatic heterocycles. The van der Waals surface area contributed by atoms with E-state index in [4.69, 9.17) is 9.15 Å². The van der Waals surface area contributed by atoms with Gasteiger partial charge in [-0.3, -0.25) is 4.57 Å². The fourth-order valence-corrected chi connectivity index (χ4v) is 3.75. The number of tetrazole rings is 1. The van der Waals surface area contributed by atoms with Gasteiger partial charge in [-0.15, -0.1) is 5.10 Å². The average molecular weight is 397 g/mol. The molecule has 0 aliphatic carbocycles. The fraction of sp³-hybridized carbons (Fsp3) is 0.263. The van der Waals surface area contributed by atoms with Crippen molar-refractivity contribution in [2.45, 2.75) is 25.0 Å². The van der Waals surface area contributed by atoms with Crippen molar-refractivity contribution in [1.29, 1.82) is 0 Å². The third-order valence-corrected chi connectivity index (χ3v) is 5.17. The molecule has 0 radical (unpaired) electrons. The Bertz CT molecular complexity index is 1130. The van der Waals surface area contributed by atoms with E-state index in [1.165, 1.54) is 11.8 Å². The second-order valence-corrected chi connectivity index (χ2v) is 7.03. The number of hydrogen-bond acceptors (Lipinski definition) is 7. The molecule has 0 atom stereocenters. The Morgan fingerprint density at radius 1 is 1.14 bits per heavy atom. The minimum absolute atomic E-state index is 0.332. The van der Waals surface area contributed by atoms with Crippen LogP contribution in [0, 0.1) is 0 Å². The third-order valence-electron chi connectivity index (χ3n) is 4.17. The Morgan fingerprint density at radius 2 is 1.96 bits per heavy atom. The zero-order valence-electron chi connectivity index (χ0n) is 15.3. The van der Waals surface area contributed by atoms with Gasteiger partial charge in [0, 0.05) is 12.3 Å². The Balaban J connectivity index is 1.44. The number of ether oxygens (including phenoxy) is 1. The van der Waals surface area contributed by atoms with Crippen LogP contribution in [0.5, 0.6) is 5.75 Å². The summed E-state index contributed by atoms with van der Waals surface area (Å²) in [5.74, 6) is 1.15. The van der Waals surface area contributed by atoms with E-state index in [1.54, 1.807) is 15.3 Å². The molecule has 0 N–H and O–H groups in total. The topological polar surface area (TPSA) is 88.0 Å². The molecule has 2 aromatic heterocycles. The summed E-state index contributed by atoms with van der Waals surface area (Å²) in [6.07, 6.45) is 0.772. The summed E-state index contributed by atoms with van der Waals surface area (Å²) in [5.41, 5.74) is 2.22. The Kier molecular flexibility index (Phi) is 5.43. The molecule has 0 bridgehead atoms.